The molecule has 0 bridgehead atoms. The molecule has 0 amide bonds. The first kappa shape index (κ1) is 16.4. The Morgan fingerprint density at radius 3 is 2.00 bits per heavy atom. The molecule has 2 N–H and O–H groups in total. The van der Waals surface area contributed by atoms with E-state index in [4.69, 9.17) is 19.3 Å². The van der Waals surface area contributed by atoms with E-state index in [0.717, 1.165) is 37.9 Å². The normalized spacial score (nSPS) is 10.2. The zero-order valence-corrected chi connectivity index (χ0v) is 12.6. The van der Waals surface area contributed by atoms with Gasteiger partial charge in [-0.05, 0) is 12.8 Å². The molecule has 0 unspecified atom stereocenters. The second-order valence-electron chi connectivity index (χ2n) is 4.48. The number of nitrogens with one attached hydrogen (secondary N) is 1. The lowest BCUT2D eigenvalue weighted by Crippen LogP contribution is -2.03. The molecule has 0 heterocycles. The first-order valence-electron chi connectivity index (χ1n) is 6.91. The molecule has 1 aromatic rings. The van der Waals surface area contributed by atoms with Crippen molar-refractivity contribution >= 4 is 5.69 Å². The van der Waals surface area contributed by atoms with Gasteiger partial charge in [0.25, 0.3) is 0 Å². The Bertz CT molecular complexity index is 370. The van der Waals surface area contributed by atoms with Crippen molar-refractivity contribution in [1.29, 1.82) is 0 Å². The summed E-state index contributed by atoms with van der Waals surface area (Å²) < 4.78 is 15.9. The molecule has 0 aliphatic heterocycles. The van der Waals surface area contributed by atoms with E-state index in [1.807, 2.05) is 12.1 Å². The van der Waals surface area contributed by atoms with Crippen LogP contribution < -0.4 is 19.5 Å². The third-order valence-electron chi connectivity index (χ3n) is 3.08. The number of rotatable bonds is 10. The molecule has 20 heavy (non-hydrogen) atoms. The molecule has 0 aromatic heterocycles. The summed E-state index contributed by atoms with van der Waals surface area (Å²) in [6, 6.07) is 3.80. The topological polar surface area (TPSA) is 60.0 Å². The van der Waals surface area contributed by atoms with E-state index in [1.54, 1.807) is 21.3 Å². The molecule has 1 rings (SSSR count). The number of hydrogen-bond donors (Lipinski definition) is 2. The molecular weight excluding hydrogens is 258 g/mol. The highest BCUT2D eigenvalue weighted by Crippen LogP contribution is 2.39. The smallest absolute Gasteiger partial charge is 0.203 e. The summed E-state index contributed by atoms with van der Waals surface area (Å²) in [6.07, 6.45) is 4.12. The summed E-state index contributed by atoms with van der Waals surface area (Å²) in [5.74, 6) is 1.90. The monoisotopic (exact) mass is 283 g/mol. The molecule has 114 valence electrons. The third-order valence-corrected chi connectivity index (χ3v) is 3.08. The average molecular weight is 283 g/mol. The average Bonchev–Trinajstić information content (AvgIpc) is 2.49. The zero-order chi connectivity index (χ0) is 14.8. The standard InChI is InChI=1S/C15H25NO4/c1-18-13-10-12(11-14(19-2)15(13)20-3)16-8-6-4-5-7-9-17/h10-11,16-17H,4-9H2,1-3H3. The van der Waals surface area contributed by atoms with Gasteiger partial charge in [0.15, 0.2) is 11.5 Å². The van der Waals surface area contributed by atoms with E-state index < -0.39 is 0 Å². The molecule has 5 heteroatoms. The summed E-state index contributed by atoms with van der Waals surface area (Å²) in [6.45, 7) is 1.16. The number of ether oxygens (including phenoxy) is 3. The van der Waals surface area contributed by atoms with Gasteiger partial charge in [0.2, 0.25) is 5.75 Å². The number of aliphatic hydroxyl groups excluding tert-OH is 1. The maximum absolute atomic E-state index is 8.71. The Labute approximate surface area is 120 Å². The predicted octanol–water partition coefficient (Wildman–Crippen LogP) is 2.68. The fourth-order valence-corrected chi connectivity index (χ4v) is 2.01. The molecule has 0 saturated carbocycles. The fraction of sp³-hybridized carbons (Fsp3) is 0.600. The number of benzene rings is 1. The lowest BCUT2D eigenvalue weighted by molar-refractivity contribution is 0.283. The molecule has 0 fully saturated rings. The molecule has 0 aliphatic carbocycles. The highest BCUT2D eigenvalue weighted by Gasteiger charge is 2.12. The maximum atomic E-state index is 8.71. The third kappa shape index (κ3) is 4.81. The minimum absolute atomic E-state index is 0.278. The molecule has 0 saturated heterocycles. The van der Waals surface area contributed by atoms with Gasteiger partial charge in [0, 0.05) is 31.0 Å². The van der Waals surface area contributed by atoms with Crippen LogP contribution in [0.2, 0.25) is 0 Å². The quantitative estimate of drug-likeness (QED) is 0.646. The second kappa shape index (κ2) is 9.31. The highest BCUT2D eigenvalue weighted by molar-refractivity contribution is 5.62. The van der Waals surface area contributed by atoms with Crippen LogP contribution in [0.3, 0.4) is 0 Å². The van der Waals surface area contributed by atoms with E-state index in [0.29, 0.717) is 17.2 Å². The summed E-state index contributed by atoms with van der Waals surface area (Å²) in [7, 11) is 4.81. The van der Waals surface area contributed by atoms with Crippen LogP contribution in [0.25, 0.3) is 0 Å². The minimum Gasteiger partial charge on any atom is -0.493 e. The lowest BCUT2D eigenvalue weighted by Gasteiger charge is -2.15. The first-order chi connectivity index (χ1) is 9.76. The Balaban J connectivity index is 2.57. The van der Waals surface area contributed by atoms with Crippen molar-refractivity contribution in [3.8, 4) is 17.2 Å². The summed E-state index contributed by atoms with van der Waals surface area (Å²) in [5.41, 5.74) is 0.946. The van der Waals surface area contributed by atoms with Crippen LogP contribution in [0.1, 0.15) is 25.7 Å². The van der Waals surface area contributed by atoms with Crippen molar-refractivity contribution < 1.29 is 19.3 Å². The van der Waals surface area contributed by atoms with Crippen molar-refractivity contribution in [3.05, 3.63) is 12.1 Å². The second-order valence-corrected chi connectivity index (χ2v) is 4.48. The molecule has 1 aromatic carbocycles. The van der Waals surface area contributed by atoms with E-state index >= 15 is 0 Å². The minimum atomic E-state index is 0.278. The van der Waals surface area contributed by atoms with Crippen LogP contribution in [0.5, 0.6) is 17.2 Å². The van der Waals surface area contributed by atoms with E-state index in [9.17, 15) is 0 Å². The van der Waals surface area contributed by atoms with Crippen molar-refractivity contribution in [3.63, 3.8) is 0 Å². The molecular formula is C15H25NO4. The number of methoxy groups -OCH3 is 3. The van der Waals surface area contributed by atoms with Crippen LogP contribution in [-0.4, -0.2) is 39.6 Å². The maximum Gasteiger partial charge on any atom is 0.203 e. The lowest BCUT2D eigenvalue weighted by atomic mass is 10.2. The van der Waals surface area contributed by atoms with Crippen LogP contribution >= 0.6 is 0 Å². The number of anilines is 1. The summed E-state index contributed by atoms with van der Waals surface area (Å²) in [4.78, 5) is 0. The van der Waals surface area contributed by atoms with Gasteiger partial charge >= 0.3 is 0 Å². The Kier molecular flexibility index (Phi) is 7.65. The van der Waals surface area contributed by atoms with Crippen LogP contribution in [0.15, 0.2) is 12.1 Å². The summed E-state index contributed by atoms with van der Waals surface area (Å²) in [5, 5.41) is 12.1. The van der Waals surface area contributed by atoms with Gasteiger partial charge in [0.05, 0.1) is 21.3 Å². The van der Waals surface area contributed by atoms with Gasteiger partial charge in [-0.15, -0.1) is 0 Å². The number of hydrogen-bond acceptors (Lipinski definition) is 5. The van der Waals surface area contributed by atoms with E-state index in [1.165, 1.54) is 0 Å². The fourth-order valence-electron chi connectivity index (χ4n) is 2.01. The molecule has 0 aliphatic rings. The Hall–Kier alpha value is -1.62. The van der Waals surface area contributed by atoms with Crippen molar-refractivity contribution in [2.24, 2.45) is 0 Å². The summed E-state index contributed by atoms with van der Waals surface area (Å²) >= 11 is 0. The molecule has 0 spiro atoms. The van der Waals surface area contributed by atoms with Crippen LogP contribution in [0, 0.1) is 0 Å². The Morgan fingerprint density at radius 2 is 1.50 bits per heavy atom. The van der Waals surface area contributed by atoms with Crippen molar-refractivity contribution in [2.75, 3.05) is 39.8 Å². The number of aliphatic hydroxyl groups is 1. The van der Waals surface area contributed by atoms with Crippen molar-refractivity contribution in [2.45, 2.75) is 25.7 Å². The van der Waals surface area contributed by atoms with Gasteiger partial charge in [-0.3, -0.25) is 0 Å². The predicted molar refractivity (Wildman–Crippen MR) is 80.1 cm³/mol. The Morgan fingerprint density at radius 1 is 0.900 bits per heavy atom. The largest absolute Gasteiger partial charge is 0.493 e. The molecule has 0 radical (unpaired) electrons. The zero-order valence-electron chi connectivity index (χ0n) is 12.6. The SMILES string of the molecule is COc1cc(NCCCCCCO)cc(OC)c1OC. The molecule has 5 nitrogen and oxygen atoms in total. The van der Waals surface area contributed by atoms with Crippen molar-refractivity contribution in [1.82, 2.24) is 0 Å². The van der Waals surface area contributed by atoms with Gasteiger partial charge in [-0.1, -0.05) is 12.8 Å². The molecule has 0 atom stereocenters. The highest BCUT2D eigenvalue weighted by atomic mass is 16.5. The van der Waals surface area contributed by atoms with Gasteiger partial charge in [-0.25, -0.2) is 0 Å². The van der Waals surface area contributed by atoms with Gasteiger partial charge in [-0.2, -0.15) is 0 Å². The van der Waals surface area contributed by atoms with Gasteiger partial charge < -0.3 is 24.6 Å². The number of unbranched alkanes of at least 4 members (excludes halogenated alkanes) is 3. The van der Waals surface area contributed by atoms with Crippen LogP contribution in [-0.2, 0) is 0 Å². The van der Waals surface area contributed by atoms with Crippen LogP contribution in [0.4, 0.5) is 5.69 Å². The van der Waals surface area contributed by atoms with E-state index in [-0.39, 0.29) is 6.61 Å². The first-order valence-corrected chi connectivity index (χ1v) is 6.91. The van der Waals surface area contributed by atoms with Gasteiger partial charge in [0.1, 0.15) is 0 Å². The van der Waals surface area contributed by atoms with E-state index in [2.05, 4.69) is 5.32 Å².